The number of halogens is 2. The van der Waals surface area contributed by atoms with Crippen molar-refractivity contribution < 1.29 is 9.21 Å². The summed E-state index contributed by atoms with van der Waals surface area (Å²) < 4.78 is 4.95. The van der Waals surface area contributed by atoms with Gasteiger partial charge in [0.15, 0.2) is 11.0 Å². The second kappa shape index (κ2) is 6.09. The molecule has 1 heterocycles. The molecule has 0 bridgehead atoms. The zero-order valence-corrected chi connectivity index (χ0v) is 9.90. The van der Waals surface area contributed by atoms with Gasteiger partial charge in [-0.3, -0.25) is 4.79 Å². The third-order valence-corrected chi connectivity index (χ3v) is 2.41. The summed E-state index contributed by atoms with van der Waals surface area (Å²) in [5.41, 5.74) is 0. The number of hydrogen-bond acceptors (Lipinski definition) is 2. The molecular weight excluding hydrogens is 269 g/mol. The Morgan fingerprint density at radius 2 is 2.29 bits per heavy atom. The molecule has 1 aromatic rings. The van der Waals surface area contributed by atoms with Gasteiger partial charge in [0.05, 0.1) is 0 Å². The molecule has 14 heavy (non-hydrogen) atoms. The van der Waals surface area contributed by atoms with Gasteiger partial charge in [0, 0.05) is 11.9 Å². The first-order chi connectivity index (χ1) is 6.74. The van der Waals surface area contributed by atoms with Gasteiger partial charge in [-0.15, -0.1) is 0 Å². The third-order valence-electron chi connectivity index (χ3n) is 1.64. The van der Waals surface area contributed by atoms with Gasteiger partial charge in [0.2, 0.25) is 0 Å². The minimum atomic E-state index is -0.216. The molecule has 1 rings (SSSR count). The molecule has 0 saturated heterocycles. The summed E-state index contributed by atoms with van der Waals surface area (Å²) in [4.78, 5) is 11.3. The van der Waals surface area contributed by atoms with Crippen LogP contribution in [0.3, 0.4) is 0 Å². The van der Waals surface area contributed by atoms with Gasteiger partial charge < -0.3 is 9.73 Å². The lowest BCUT2D eigenvalue weighted by Gasteiger charge is -2.00. The van der Waals surface area contributed by atoms with Gasteiger partial charge in [-0.25, -0.2) is 0 Å². The lowest BCUT2D eigenvalue weighted by molar-refractivity contribution is 0.0925. The first kappa shape index (κ1) is 11.6. The Morgan fingerprint density at radius 3 is 2.86 bits per heavy atom. The summed E-state index contributed by atoms with van der Waals surface area (Å²) in [7, 11) is 0. The fraction of sp³-hybridized carbons (Fsp3) is 0.444. The Balaban J connectivity index is 2.29. The van der Waals surface area contributed by atoms with Crippen molar-refractivity contribution >= 4 is 33.4 Å². The van der Waals surface area contributed by atoms with Gasteiger partial charge in [-0.2, -0.15) is 0 Å². The molecule has 0 radical (unpaired) electrons. The summed E-state index contributed by atoms with van der Waals surface area (Å²) in [6, 6.07) is 3.11. The molecule has 0 fully saturated rings. The molecule has 0 spiro atoms. The summed E-state index contributed by atoms with van der Waals surface area (Å²) in [6.07, 6.45) is 1.99. The number of carbonyl (C=O) groups is 1. The van der Waals surface area contributed by atoms with E-state index in [0.717, 1.165) is 18.2 Å². The van der Waals surface area contributed by atoms with Crippen molar-refractivity contribution in [2.45, 2.75) is 12.8 Å². The van der Waals surface area contributed by atoms with Gasteiger partial charge in [0.25, 0.3) is 5.91 Å². The Bertz CT molecular complexity index is 301. The SMILES string of the molecule is O=C(NCCCCBr)c1ccc(Cl)o1. The summed E-state index contributed by atoms with van der Waals surface area (Å²) in [5.74, 6) is 0.0420. The molecule has 1 N–H and O–H groups in total. The van der Waals surface area contributed by atoms with E-state index in [2.05, 4.69) is 21.2 Å². The maximum atomic E-state index is 11.3. The second-order valence-corrected chi connectivity index (χ2v) is 3.92. The molecule has 0 unspecified atom stereocenters. The highest BCUT2D eigenvalue weighted by atomic mass is 79.9. The van der Waals surface area contributed by atoms with Crippen molar-refractivity contribution in [3.05, 3.63) is 23.1 Å². The summed E-state index contributed by atoms with van der Waals surface area (Å²) in [6.45, 7) is 0.656. The van der Waals surface area contributed by atoms with Crippen molar-refractivity contribution in [1.82, 2.24) is 5.32 Å². The van der Waals surface area contributed by atoms with Gasteiger partial charge in [0.1, 0.15) is 0 Å². The molecule has 5 heteroatoms. The number of alkyl halides is 1. The first-order valence-electron chi connectivity index (χ1n) is 4.33. The number of amides is 1. The van der Waals surface area contributed by atoms with E-state index >= 15 is 0 Å². The average molecular weight is 281 g/mol. The molecule has 0 atom stereocenters. The number of rotatable bonds is 5. The summed E-state index contributed by atoms with van der Waals surface area (Å²) >= 11 is 8.85. The lowest BCUT2D eigenvalue weighted by atomic mass is 10.3. The Morgan fingerprint density at radius 1 is 1.50 bits per heavy atom. The normalized spacial score (nSPS) is 10.1. The van der Waals surface area contributed by atoms with Crippen LogP contribution < -0.4 is 5.32 Å². The van der Waals surface area contributed by atoms with E-state index in [1.807, 2.05) is 0 Å². The van der Waals surface area contributed by atoms with Gasteiger partial charge >= 0.3 is 0 Å². The molecule has 0 aromatic carbocycles. The number of furan rings is 1. The van der Waals surface area contributed by atoms with Crippen LogP contribution in [0.25, 0.3) is 0 Å². The minimum Gasteiger partial charge on any atom is -0.440 e. The van der Waals surface area contributed by atoms with E-state index in [4.69, 9.17) is 16.0 Å². The highest BCUT2D eigenvalue weighted by Gasteiger charge is 2.08. The van der Waals surface area contributed by atoms with Crippen LogP contribution in [0.4, 0.5) is 0 Å². The average Bonchev–Trinajstić information content (AvgIpc) is 2.59. The van der Waals surface area contributed by atoms with Crippen molar-refractivity contribution in [2.75, 3.05) is 11.9 Å². The molecule has 0 aliphatic heterocycles. The first-order valence-corrected chi connectivity index (χ1v) is 5.83. The Kier molecular flexibility index (Phi) is 5.04. The highest BCUT2D eigenvalue weighted by molar-refractivity contribution is 9.09. The molecule has 0 aliphatic rings. The maximum absolute atomic E-state index is 11.3. The van der Waals surface area contributed by atoms with Crippen LogP contribution in [0.1, 0.15) is 23.4 Å². The topological polar surface area (TPSA) is 42.2 Å². The van der Waals surface area contributed by atoms with Crippen LogP contribution >= 0.6 is 27.5 Å². The fourth-order valence-corrected chi connectivity index (χ4v) is 1.49. The van der Waals surface area contributed by atoms with Crippen LogP contribution in [0.2, 0.25) is 5.22 Å². The third kappa shape index (κ3) is 3.72. The van der Waals surface area contributed by atoms with Crippen molar-refractivity contribution in [3.63, 3.8) is 0 Å². The van der Waals surface area contributed by atoms with E-state index in [1.54, 1.807) is 12.1 Å². The maximum Gasteiger partial charge on any atom is 0.287 e. The number of nitrogens with one attached hydrogen (secondary N) is 1. The van der Waals surface area contributed by atoms with E-state index in [0.29, 0.717) is 6.54 Å². The zero-order valence-electron chi connectivity index (χ0n) is 7.56. The monoisotopic (exact) mass is 279 g/mol. The predicted octanol–water partition coefficient (Wildman–Crippen LogP) is 2.84. The summed E-state index contributed by atoms with van der Waals surface area (Å²) in [5, 5.41) is 3.92. The largest absolute Gasteiger partial charge is 0.440 e. The second-order valence-electron chi connectivity index (χ2n) is 2.76. The van der Waals surface area contributed by atoms with Crippen LogP contribution in [-0.4, -0.2) is 17.8 Å². The molecule has 0 saturated carbocycles. The minimum absolute atomic E-state index is 0.216. The van der Waals surface area contributed by atoms with Gasteiger partial charge in [-0.1, -0.05) is 15.9 Å². The lowest BCUT2D eigenvalue weighted by Crippen LogP contribution is -2.23. The van der Waals surface area contributed by atoms with Crippen molar-refractivity contribution in [3.8, 4) is 0 Å². The van der Waals surface area contributed by atoms with Crippen LogP contribution in [0.5, 0.6) is 0 Å². The van der Waals surface area contributed by atoms with E-state index in [1.165, 1.54) is 0 Å². The van der Waals surface area contributed by atoms with Crippen LogP contribution in [0.15, 0.2) is 16.5 Å². The quantitative estimate of drug-likeness (QED) is 0.666. The number of hydrogen-bond donors (Lipinski definition) is 1. The van der Waals surface area contributed by atoms with Gasteiger partial charge in [-0.05, 0) is 36.6 Å². The van der Waals surface area contributed by atoms with E-state index in [-0.39, 0.29) is 16.9 Å². The molecule has 78 valence electrons. The van der Waals surface area contributed by atoms with Crippen LogP contribution in [0, 0.1) is 0 Å². The van der Waals surface area contributed by atoms with Crippen molar-refractivity contribution in [2.24, 2.45) is 0 Å². The molecule has 0 aliphatic carbocycles. The smallest absolute Gasteiger partial charge is 0.287 e. The molecule has 1 amide bonds. The standard InChI is InChI=1S/C9H11BrClNO2/c10-5-1-2-6-12-9(13)7-3-4-8(11)14-7/h3-4H,1-2,5-6H2,(H,12,13). The van der Waals surface area contributed by atoms with E-state index < -0.39 is 0 Å². The molecule has 3 nitrogen and oxygen atoms in total. The predicted molar refractivity (Wildman–Crippen MR) is 59.1 cm³/mol. The Hall–Kier alpha value is -0.480. The molecule has 1 aromatic heterocycles. The number of unbranched alkanes of at least 4 members (excludes halogenated alkanes) is 1. The fourth-order valence-electron chi connectivity index (χ4n) is 0.945. The highest BCUT2D eigenvalue weighted by Crippen LogP contribution is 2.12. The van der Waals surface area contributed by atoms with Crippen molar-refractivity contribution in [1.29, 1.82) is 0 Å². The molecular formula is C9H11BrClNO2. The zero-order chi connectivity index (χ0) is 10.4. The Labute approximate surface area is 95.9 Å². The number of carbonyl (C=O) groups excluding carboxylic acids is 1. The van der Waals surface area contributed by atoms with E-state index in [9.17, 15) is 4.79 Å². The van der Waals surface area contributed by atoms with Crippen LogP contribution in [-0.2, 0) is 0 Å².